The van der Waals surface area contributed by atoms with Gasteiger partial charge in [0.2, 0.25) is 0 Å². The Balaban J connectivity index is 2.87. The molecule has 1 aromatic rings. The van der Waals surface area contributed by atoms with Crippen LogP contribution in [0.2, 0.25) is 0 Å². The van der Waals surface area contributed by atoms with Crippen LogP contribution < -0.4 is 0 Å². The lowest BCUT2D eigenvalue weighted by atomic mass is 9.90. The second-order valence-electron chi connectivity index (χ2n) is 4.52. The molecule has 1 aromatic carbocycles. The number of halogens is 1. The van der Waals surface area contributed by atoms with Crippen molar-refractivity contribution in [3.63, 3.8) is 0 Å². The molecule has 0 fully saturated rings. The van der Waals surface area contributed by atoms with Gasteiger partial charge < -0.3 is 5.11 Å². The van der Waals surface area contributed by atoms with Crippen molar-refractivity contribution in [2.24, 2.45) is 5.92 Å². The molecular formula is C13H19FO. The molecule has 0 bridgehead atoms. The van der Waals surface area contributed by atoms with Crippen LogP contribution in [0.5, 0.6) is 0 Å². The van der Waals surface area contributed by atoms with Gasteiger partial charge in [-0.05, 0) is 36.5 Å². The predicted octanol–water partition coefficient (Wildman–Crippen LogP) is 3.26. The molecule has 1 N–H and O–H groups in total. The molecule has 0 aromatic heterocycles. The van der Waals surface area contributed by atoms with Crippen molar-refractivity contribution in [3.8, 4) is 0 Å². The van der Waals surface area contributed by atoms with E-state index in [9.17, 15) is 9.50 Å². The summed E-state index contributed by atoms with van der Waals surface area (Å²) >= 11 is 0. The van der Waals surface area contributed by atoms with Crippen molar-refractivity contribution in [1.82, 2.24) is 0 Å². The lowest BCUT2D eigenvalue weighted by Gasteiger charge is -2.17. The van der Waals surface area contributed by atoms with Gasteiger partial charge in [-0.15, -0.1) is 0 Å². The molecule has 0 heterocycles. The predicted molar refractivity (Wildman–Crippen MR) is 60.4 cm³/mol. The van der Waals surface area contributed by atoms with E-state index in [0.717, 1.165) is 12.0 Å². The largest absolute Gasteiger partial charge is 0.396 e. The van der Waals surface area contributed by atoms with Crippen LogP contribution in [0.3, 0.4) is 0 Å². The van der Waals surface area contributed by atoms with E-state index < -0.39 is 0 Å². The minimum atomic E-state index is -0.181. The summed E-state index contributed by atoms with van der Waals surface area (Å²) in [6.07, 6.45) is 0.932. The minimum Gasteiger partial charge on any atom is -0.396 e. The van der Waals surface area contributed by atoms with Crippen LogP contribution in [0.1, 0.15) is 37.3 Å². The van der Waals surface area contributed by atoms with E-state index in [2.05, 4.69) is 13.8 Å². The van der Waals surface area contributed by atoms with E-state index in [4.69, 9.17) is 0 Å². The maximum Gasteiger partial charge on any atom is 0.126 e. The monoisotopic (exact) mass is 210 g/mol. The highest BCUT2D eigenvalue weighted by Gasteiger charge is 2.13. The second-order valence-corrected chi connectivity index (χ2v) is 4.52. The normalized spacial score (nSPS) is 13.2. The van der Waals surface area contributed by atoms with Crippen LogP contribution in [-0.4, -0.2) is 11.7 Å². The Morgan fingerprint density at radius 3 is 2.47 bits per heavy atom. The summed E-state index contributed by atoms with van der Waals surface area (Å²) in [4.78, 5) is 0. The first-order chi connectivity index (χ1) is 7.04. The van der Waals surface area contributed by atoms with Crippen molar-refractivity contribution < 1.29 is 9.50 Å². The van der Waals surface area contributed by atoms with Crippen molar-refractivity contribution in [2.45, 2.75) is 33.1 Å². The Hall–Kier alpha value is -0.890. The summed E-state index contributed by atoms with van der Waals surface area (Å²) in [6.45, 7) is 6.13. The highest BCUT2D eigenvalue weighted by molar-refractivity contribution is 5.27. The van der Waals surface area contributed by atoms with Crippen molar-refractivity contribution in [3.05, 3.63) is 35.1 Å². The highest BCUT2D eigenvalue weighted by Crippen LogP contribution is 2.24. The van der Waals surface area contributed by atoms with Crippen LogP contribution in [0.15, 0.2) is 18.2 Å². The van der Waals surface area contributed by atoms with Gasteiger partial charge in [0.05, 0.1) is 0 Å². The van der Waals surface area contributed by atoms with E-state index in [1.807, 2.05) is 6.07 Å². The SMILES string of the molecule is Cc1cc(C(CO)CC(C)C)ccc1F. The number of aliphatic hydroxyl groups is 1. The summed E-state index contributed by atoms with van der Waals surface area (Å²) in [5.74, 6) is 0.483. The van der Waals surface area contributed by atoms with Gasteiger partial charge in [0.1, 0.15) is 5.82 Å². The molecule has 0 spiro atoms. The topological polar surface area (TPSA) is 20.2 Å². The fourth-order valence-corrected chi connectivity index (χ4v) is 1.81. The first-order valence-corrected chi connectivity index (χ1v) is 5.41. The van der Waals surface area contributed by atoms with Crippen LogP contribution in [-0.2, 0) is 0 Å². The van der Waals surface area contributed by atoms with Gasteiger partial charge in [-0.25, -0.2) is 4.39 Å². The number of aliphatic hydroxyl groups excluding tert-OH is 1. The molecule has 0 saturated heterocycles. The number of aryl methyl sites for hydroxylation is 1. The minimum absolute atomic E-state index is 0.128. The molecule has 84 valence electrons. The molecule has 0 saturated carbocycles. The molecule has 0 aliphatic rings. The van der Waals surface area contributed by atoms with Crippen LogP contribution in [0, 0.1) is 18.7 Å². The van der Waals surface area contributed by atoms with Gasteiger partial charge in [-0.1, -0.05) is 26.0 Å². The van der Waals surface area contributed by atoms with Crippen molar-refractivity contribution in [1.29, 1.82) is 0 Å². The van der Waals surface area contributed by atoms with Gasteiger partial charge in [-0.3, -0.25) is 0 Å². The van der Waals surface area contributed by atoms with Gasteiger partial charge >= 0.3 is 0 Å². The highest BCUT2D eigenvalue weighted by atomic mass is 19.1. The Labute approximate surface area is 90.9 Å². The van der Waals surface area contributed by atoms with E-state index in [-0.39, 0.29) is 18.3 Å². The van der Waals surface area contributed by atoms with Crippen LogP contribution >= 0.6 is 0 Å². The zero-order chi connectivity index (χ0) is 11.4. The molecule has 0 aliphatic heterocycles. The summed E-state index contributed by atoms with van der Waals surface area (Å²) in [5, 5.41) is 9.29. The van der Waals surface area contributed by atoms with Gasteiger partial charge in [0.15, 0.2) is 0 Å². The lowest BCUT2D eigenvalue weighted by Crippen LogP contribution is -2.08. The van der Waals surface area contributed by atoms with Crippen LogP contribution in [0.4, 0.5) is 4.39 Å². The molecular weight excluding hydrogens is 191 g/mol. The van der Waals surface area contributed by atoms with E-state index in [1.165, 1.54) is 6.07 Å². The Morgan fingerprint density at radius 2 is 2.00 bits per heavy atom. The zero-order valence-electron chi connectivity index (χ0n) is 9.63. The van der Waals surface area contributed by atoms with E-state index in [0.29, 0.717) is 11.5 Å². The first kappa shape index (κ1) is 12.2. The van der Waals surface area contributed by atoms with E-state index in [1.54, 1.807) is 13.0 Å². The molecule has 2 heteroatoms. The third kappa shape index (κ3) is 3.31. The van der Waals surface area contributed by atoms with E-state index >= 15 is 0 Å². The van der Waals surface area contributed by atoms with Gasteiger partial charge in [0.25, 0.3) is 0 Å². The summed E-state index contributed by atoms with van der Waals surface area (Å²) < 4.78 is 13.1. The Bertz CT molecular complexity index is 320. The zero-order valence-corrected chi connectivity index (χ0v) is 9.63. The third-order valence-electron chi connectivity index (χ3n) is 2.63. The summed E-state index contributed by atoms with van der Waals surface area (Å²) in [6, 6.07) is 5.08. The number of hydrogen-bond acceptors (Lipinski definition) is 1. The smallest absolute Gasteiger partial charge is 0.126 e. The van der Waals surface area contributed by atoms with Gasteiger partial charge in [0, 0.05) is 12.5 Å². The fourth-order valence-electron chi connectivity index (χ4n) is 1.81. The van der Waals surface area contributed by atoms with Crippen molar-refractivity contribution >= 4 is 0 Å². The average molecular weight is 210 g/mol. The third-order valence-corrected chi connectivity index (χ3v) is 2.63. The molecule has 15 heavy (non-hydrogen) atoms. The fraction of sp³-hybridized carbons (Fsp3) is 0.538. The molecule has 0 amide bonds. The molecule has 1 rings (SSSR count). The number of benzene rings is 1. The number of hydrogen-bond donors (Lipinski definition) is 1. The lowest BCUT2D eigenvalue weighted by molar-refractivity contribution is 0.248. The molecule has 1 atom stereocenters. The van der Waals surface area contributed by atoms with Crippen molar-refractivity contribution in [2.75, 3.05) is 6.61 Å². The van der Waals surface area contributed by atoms with Gasteiger partial charge in [-0.2, -0.15) is 0 Å². The quantitative estimate of drug-likeness (QED) is 0.808. The second kappa shape index (κ2) is 5.26. The molecule has 0 aliphatic carbocycles. The maximum atomic E-state index is 13.1. The summed E-state index contributed by atoms with van der Waals surface area (Å²) in [7, 11) is 0. The molecule has 1 unspecified atom stereocenters. The van der Waals surface area contributed by atoms with Crippen LogP contribution in [0.25, 0.3) is 0 Å². The first-order valence-electron chi connectivity index (χ1n) is 5.41. The average Bonchev–Trinajstić information content (AvgIpc) is 2.18. The Kier molecular flexibility index (Phi) is 4.28. The Morgan fingerprint density at radius 1 is 1.33 bits per heavy atom. The maximum absolute atomic E-state index is 13.1. The molecule has 0 radical (unpaired) electrons. The standard InChI is InChI=1S/C13H19FO/c1-9(2)6-12(8-15)11-4-5-13(14)10(3)7-11/h4-5,7,9,12,15H,6,8H2,1-3H3. The molecule has 1 nitrogen and oxygen atoms in total. The number of rotatable bonds is 4. The summed E-state index contributed by atoms with van der Waals surface area (Å²) in [5.41, 5.74) is 1.68.